The lowest BCUT2D eigenvalue weighted by Gasteiger charge is -2.06. The summed E-state index contributed by atoms with van der Waals surface area (Å²) in [4.78, 5) is 15.8. The minimum Gasteiger partial charge on any atom is -0.306 e. The van der Waals surface area contributed by atoms with Crippen LogP contribution in [0.2, 0.25) is 5.02 Å². The molecule has 0 aliphatic heterocycles. The summed E-state index contributed by atoms with van der Waals surface area (Å²) in [5, 5.41) is 2.94. The van der Waals surface area contributed by atoms with Gasteiger partial charge in [0.25, 0.3) is 5.91 Å². The molecule has 92 valence electrons. The largest absolute Gasteiger partial charge is 0.306 e. The summed E-state index contributed by atoms with van der Waals surface area (Å²) in [7, 11) is 0. The molecule has 0 aliphatic carbocycles. The van der Waals surface area contributed by atoms with Crippen LogP contribution in [0.15, 0.2) is 36.5 Å². The van der Waals surface area contributed by atoms with Crippen molar-refractivity contribution in [3.8, 4) is 0 Å². The average Bonchev–Trinajstić information content (AvgIpc) is 2.32. The van der Waals surface area contributed by atoms with Crippen molar-refractivity contribution in [2.45, 2.75) is 6.92 Å². The van der Waals surface area contributed by atoms with Crippen LogP contribution < -0.4 is 5.32 Å². The molecule has 1 amide bonds. The first kappa shape index (κ1) is 12.5. The zero-order valence-electron chi connectivity index (χ0n) is 9.58. The molecule has 1 aromatic heterocycles. The highest BCUT2D eigenvalue weighted by Crippen LogP contribution is 2.15. The second-order valence-corrected chi connectivity index (χ2v) is 4.23. The molecule has 0 spiro atoms. The maximum Gasteiger partial charge on any atom is 0.259 e. The number of amides is 1. The van der Waals surface area contributed by atoms with Gasteiger partial charge in [-0.1, -0.05) is 23.2 Å². The number of carbonyl (C=O) groups excluding carboxylic acids is 1. The number of nitrogens with zero attached hydrogens (tertiary/aromatic N) is 1. The first-order chi connectivity index (χ1) is 8.56. The minimum atomic E-state index is -0.569. The van der Waals surface area contributed by atoms with Crippen LogP contribution in [-0.4, -0.2) is 10.9 Å². The minimum absolute atomic E-state index is 0.0169. The third kappa shape index (κ3) is 2.84. The molecule has 0 fully saturated rings. The Balaban J connectivity index is 2.24. The van der Waals surface area contributed by atoms with E-state index in [9.17, 15) is 9.18 Å². The summed E-state index contributed by atoms with van der Waals surface area (Å²) in [6, 6.07) is 7.42. The normalized spacial score (nSPS) is 10.2. The maximum atomic E-state index is 13.5. The molecule has 1 heterocycles. The van der Waals surface area contributed by atoms with Crippen LogP contribution >= 0.6 is 11.6 Å². The van der Waals surface area contributed by atoms with Crippen molar-refractivity contribution in [3.63, 3.8) is 0 Å². The number of carbonyl (C=O) groups is 1. The fraction of sp³-hybridized carbons (Fsp3) is 0.0769. The van der Waals surface area contributed by atoms with E-state index in [0.29, 0.717) is 5.02 Å². The Bertz CT molecular complexity index is 601. The fourth-order valence-electron chi connectivity index (χ4n) is 1.47. The second-order valence-electron chi connectivity index (χ2n) is 3.80. The van der Waals surface area contributed by atoms with Gasteiger partial charge in [0.15, 0.2) is 0 Å². The molecule has 2 aromatic rings. The van der Waals surface area contributed by atoms with Gasteiger partial charge in [0, 0.05) is 11.2 Å². The Labute approximate surface area is 109 Å². The number of aryl methyl sites for hydroxylation is 1. The predicted octanol–water partition coefficient (Wildman–Crippen LogP) is 3.43. The molecule has 0 bridgehead atoms. The summed E-state index contributed by atoms with van der Waals surface area (Å²) >= 11 is 5.77. The van der Waals surface area contributed by atoms with Crippen molar-refractivity contribution >= 4 is 23.3 Å². The maximum absolute atomic E-state index is 13.5. The third-order valence-corrected chi connectivity index (χ3v) is 2.57. The zero-order valence-corrected chi connectivity index (χ0v) is 10.3. The van der Waals surface area contributed by atoms with Gasteiger partial charge >= 0.3 is 0 Å². The summed E-state index contributed by atoms with van der Waals surface area (Å²) < 4.78 is 13.5. The van der Waals surface area contributed by atoms with Crippen LogP contribution in [0.1, 0.15) is 15.9 Å². The molecule has 1 aromatic carbocycles. The zero-order chi connectivity index (χ0) is 13.1. The van der Waals surface area contributed by atoms with Gasteiger partial charge < -0.3 is 5.32 Å². The Kier molecular flexibility index (Phi) is 3.58. The van der Waals surface area contributed by atoms with Gasteiger partial charge in [-0.3, -0.25) is 4.79 Å². The van der Waals surface area contributed by atoms with Crippen molar-refractivity contribution < 1.29 is 9.18 Å². The van der Waals surface area contributed by atoms with Gasteiger partial charge in [-0.25, -0.2) is 9.37 Å². The number of hydrogen-bond donors (Lipinski definition) is 1. The Morgan fingerprint density at radius 2 is 2.11 bits per heavy atom. The van der Waals surface area contributed by atoms with E-state index in [1.54, 1.807) is 19.1 Å². The number of pyridine rings is 1. The molecule has 0 saturated heterocycles. The third-order valence-electron chi connectivity index (χ3n) is 2.33. The molecule has 2 rings (SSSR count). The van der Waals surface area contributed by atoms with E-state index in [1.807, 2.05) is 0 Å². The number of nitrogens with one attached hydrogen (secondary N) is 1. The van der Waals surface area contributed by atoms with Crippen LogP contribution in [0.4, 0.5) is 10.2 Å². The highest BCUT2D eigenvalue weighted by atomic mass is 35.5. The van der Waals surface area contributed by atoms with E-state index >= 15 is 0 Å². The molecule has 0 aliphatic rings. The van der Waals surface area contributed by atoms with Gasteiger partial charge in [0.1, 0.15) is 11.6 Å². The van der Waals surface area contributed by atoms with E-state index in [2.05, 4.69) is 10.3 Å². The molecule has 0 atom stereocenters. The van der Waals surface area contributed by atoms with Crippen molar-refractivity contribution in [2.24, 2.45) is 0 Å². The second kappa shape index (κ2) is 5.14. The highest BCUT2D eigenvalue weighted by molar-refractivity contribution is 6.30. The fourth-order valence-corrected chi connectivity index (χ4v) is 1.63. The molecule has 0 saturated carbocycles. The molecule has 1 N–H and O–H groups in total. The lowest BCUT2D eigenvalue weighted by Crippen LogP contribution is -2.14. The van der Waals surface area contributed by atoms with E-state index < -0.39 is 11.7 Å². The smallest absolute Gasteiger partial charge is 0.259 e. The molecular weight excluding hydrogens is 255 g/mol. The van der Waals surface area contributed by atoms with Crippen LogP contribution in [0.5, 0.6) is 0 Å². The van der Waals surface area contributed by atoms with Crippen molar-refractivity contribution in [1.82, 2.24) is 4.98 Å². The number of rotatable bonds is 2. The van der Waals surface area contributed by atoms with Crippen molar-refractivity contribution in [1.29, 1.82) is 0 Å². The number of benzene rings is 1. The highest BCUT2D eigenvalue weighted by Gasteiger charge is 2.12. The predicted molar refractivity (Wildman–Crippen MR) is 68.3 cm³/mol. The lowest BCUT2D eigenvalue weighted by molar-refractivity contribution is 0.102. The number of aromatic nitrogens is 1. The van der Waals surface area contributed by atoms with Crippen LogP contribution in [0.25, 0.3) is 0 Å². The molecule has 0 unspecified atom stereocenters. The van der Waals surface area contributed by atoms with Gasteiger partial charge in [0.05, 0.1) is 5.56 Å². The monoisotopic (exact) mass is 264 g/mol. The van der Waals surface area contributed by atoms with Crippen molar-refractivity contribution in [3.05, 3.63) is 58.5 Å². The van der Waals surface area contributed by atoms with Gasteiger partial charge in [0.2, 0.25) is 0 Å². The van der Waals surface area contributed by atoms with Gasteiger partial charge in [-0.2, -0.15) is 0 Å². The molecular formula is C13H10ClFN2O. The SMILES string of the molecule is Cc1ccc(F)c(C(=O)Nc2cc(Cl)ccn2)c1. The van der Waals surface area contributed by atoms with E-state index in [0.717, 1.165) is 5.56 Å². The average molecular weight is 265 g/mol. The quantitative estimate of drug-likeness (QED) is 0.903. The van der Waals surface area contributed by atoms with Crippen molar-refractivity contribution in [2.75, 3.05) is 5.32 Å². The van der Waals surface area contributed by atoms with Crippen LogP contribution in [-0.2, 0) is 0 Å². The number of halogens is 2. The topological polar surface area (TPSA) is 42.0 Å². The van der Waals surface area contributed by atoms with Gasteiger partial charge in [-0.05, 0) is 31.2 Å². The van der Waals surface area contributed by atoms with Gasteiger partial charge in [-0.15, -0.1) is 0 Å². The first-order valence-corrected chi connectivity index (χ1v) is 5.63. The molecule has 0 radical (unpaired) electrons. The molecule has 18 heavy (non-hydrogen) atoms. The summed E-state index contributed by atoms with van der Waals surface area (Å²) in [5.41, 5.74) is 0.789. The molecule has 3 nitrogen and oxygen atoms in total. The van der Waals surface area contributed by atoms with Crippen LogP contribution in [0, 0.1) is 12.7 Å². The first-order valence-electron chi connectivity index (χ1n) is 5.25. The van der Waals surface area contributed by atoms with E-state index in [4.69, 9.17) is 11.6 Å². The van der Waals surface area contributed by atoms with Crippen LogP contribution in [0.3, 0.4) is 0 Å². The number of anilines is 1. The van der Waals surface area contributed by atoms with E-state index in [-0.39, 0.29) is 11.4 Å². The number of hydrogen-bond acceptors (Lipinski definition) is 2. The summed E-state index contributed by atoms with van der Waals surface area (Å²) in [6.45, 7) is 1.79. The Morgan fingerprint density at radius 1 is 1.33 bits per heavy atom. The Morgan fingerprint density at radius 3 is 2.83 bits per heavy atom. The Hall–Kier alpha value is -1.94. The molecule has 5 heteroatoms. The standard InChI is InChI=1S/C13H10ClFN2O/c1-8-2-3-11(15)10(6-8)13(18)17-12-7-9(14)4-5-16-12/h2-7H,1H3,(H,16,17,18). The summed E-state index contributed by atoms with van der Waals surface area (Å²) in [5.74, 6) is -0.834. The lowest BCUT2D eigenvalue weighted by atomic mass is 10.1. The summed E-state index contributed by atoms with van der Waals surface area (Å²) in [6.07, 6.45) is 1.46. The van der Waals surface area contributed by atoms with E-state index in [1.165, 1.54) is 24.4 Å².